The number of pyridine rings is 1. The summed E-state index contributed by atoms with van der Waals surface area (Å²) in [5.74, 6) is -0.344. The van der Waals surface area contributed by atoms with Gasteiger partial charge in [0.2, 0.25) is 0 Å². The normalized spacial score (nSPS) is 12.0. The largest absolute Gasteiger partial charge is 0.381 e. The van der Waals surface area contributed by atoms with Crippen molar-refractivity contribution in [1.29, 1.82) is 0 Å². The van der Waals surface area contributed by atoms with Gasteiger partial charge in [-0.05, 0) is 42.1 Å². The lowest BCUT2D eigenvalue weighted by atomic mass is 10.0. The number of anilines is 1. The Bertz CT molecular complexity index is 1620. The van der Waals surface area contributed by atoms with Crippen LogP contribution in [0.5, 0.6) is 0 Å². The maximum absolute atomic E-state index is 13.7. The quantitative estimate of drug-likeness (QED) is 0.424. The molecule has 168 valence electrons. The standard InChI is InChI=1S/C26H22N6O2/c1-3-17-9-7-10-18-15-20(32(26(34)21(17)18)19-11-5-4-6-12-19)16(2)29-25(33)22-23(27)30-31-14-8-13-28-24(22)31/h3-16H,1H2,2H3,(H2,27,30)(H,29,33). The molecule has 5 rings (SSSR count). The molecule has 0 aliphatic heterocycles. The van der Waals surface area contributed by atoms with Crippen molar-refractivity contribution in [2.75, 3.05) is 5.73 Å². The molecular formula is C26H22N6O2. The fraction of sp³-hybridized carbons (Fsp3) is 0.0769. The molecule has 0 aliphatic carbocycles. The molecule has 8 heteroatoms. The summed E-state index contributed by atoms with van der Waals surface area (Å²) in [6.45, 7) is 5.68. The van der Waals surface area contributed by atoms with E-state index in [4.69, 9.17) is 5.73 Å². The van der Waals surface area contributed by atoms with Gasteiger partial charge in [-0.15, -0.1) is 5.10 Å². The molecule has 3 N–H and O–H groups in total. The number of nitrogen functional groups attached to an aromatic ring is 1. The molecule has 0 bridgehead atoms. The van der Waals surface area contributed by atoms with Gasteiger partial charge < -0.3 is 11.1 Å². The topological polar surface area (TPSA) is 107 Å². The summed E-state index contributed by atoms with van der Waals surface area (Å²) in [6.07, 6.45) is 4.92. The summed E-state index contributed by atoms with van der Waals surface area (Å²) in [4.78, 5) is 31.2. The van der Waals surface area contributed by atoms with Crippen LogP contribution in [0.4, 0.5) is 5.82 Å². The molecule has 0 saturated carbocycles. The Kier molecular flexibility index (Phi) is 5.18. The van der Waals surface area contributed by atoms with E-state index in [1.165, 1.54) is 4.52 Å². The van der Waals surface area contributed by atoms with E-state index >= 15 is 0 Å². The number of fused-ring (bicyclic) bond motifs is 2. The first-order valence-electron chi connectivity index (χ1n) is 10.8. The first-order valence-corrected chi connectivity index (χ1v) is 10.8. The van der Waals surface area contributed by atoms with Gasteiger partial charge >= 0.3 is 0 Å². The molecule has 0 fully saturated rings. The van der Waals surface area contributed by atoms with Gasteiger partial charge in [0, 0.05) is 23.8 Å². The second-order valence-electron chi connectivity index (χ2n) is 7.90. The van der Waals surface area contributed by atoms with Gasteiger partial charge in [0.25, 0.3) is 11.5 Å². The van der Waals surface area contributed by atoms with Crippen molar-refractivity contribution in [3.05, 3.63) is 107 Å². The molecule has 8 nitrogen and oxygen atoms in total. The summed E-state index contributed by atoms with van der Waals surface area (Å²) in [6, 6.07) is 18.0. The van der Waals surface area contributed by atoms with Crippen LogP contribution in [0.25, 0.3) is 28.2 Å². The number of nitrogens with two attached hydrogens (primary N) is 1. The number of carbonyl (C=O) groups is 1. The van der Waals surface area contributed by atoms with E-state index in [0.29, 0.717) is 22.4 Å². The SMILES string of the molecule is C=Cc1cccc2cc(C(C)NC(=O)c3c(N)nn4cccnc34)n(-c3ccccc3)c(=O)c12. The number of nitrogens with one attached hydrogen (secondary N) is 1. The van der Waals surface area contributed by atoms with Crippen molar-refractivity contribution in [1.82, 2.24) is 24.5 Å². The average molecular weight is 451 g/mol. The van der Waals surface area contributed by atoms with Crippen LogP contribution in [-0.4, -0.2) is 25.1 Å². The maximum atomic E-state index is 13.7. The molecule has 0 spiro atoms. The Balaban J connectivity index is 1.65. The van der Waals surface area contributed by atoms with Crippen LogP contribution in [0.2, 0.25) is 0 Å². The number of nitrogens with zero attached hydrogens (tertiary/aromatic N) is 4. The van der Waals surface area contributed by atoms with Gasteiger partial charge in [-0.25, -0.2) is 9.50 Å². The minimum atomic E-state index is -0.532. The third kappa shape index (κ3) is 3.41. The van der Waals surface area contributed by atoms with Crippen LogP contribution in [0.1, 0.15) is 34.6 Å². The molecule has 1 atom stereocenters. The Labute approximate surface area is 195 Å². The van der Waals surface area contributed by atoms with E-state index in [2.05, 4.69) is 22.0 Å². The molecule has 1 unspecified atom stereocenters. The molecule has 34 heavy (non-hydrogen) atoms. The average Bonchev–Trinajstić information content (AvgIpc) is 3.19. The molecule has 5 aromatic rings. The zero-order chi connectivity index (χ0) is 23.8. The highest BCUT2D eigenvalue weighted by atomic mass is 16.2. The predicted octanol–water partition coefficient (Wildman–Crippen LogP) is 3.75. The Morgan fingerprint density at radius 2 is 1.94 bits per heavy atom. The maximum Gasteiger partial charge on any atom is 0.263 e. The highest BCUT2D eigenvalue weighted by Crippen LogP contribution is 2.25. The lowest BCUT2D eigenvalue weighted by Gasteiger charge is -2.21. The van der Waals surface area contributed by atoms with Gasteiger partial charge in [0.05, 0.1) is 11.4 Å². The van der Waals surface area contributed by atoms with E-state index < -0.39 is 11.9 Å². The molecule has 0 saturated heterocycles. The number of amides is 1. The van der Waals surface area contributed by atoms with E-state index in [1.54, 1.807) is 29.1 Å². The molecule has 1 amide bonds. The molecule has 0 radical (unpaired) electrons. The van der Waals surface area contributed by atoms with Crippen molar-refractivity contribution in [2.24, 2.45) is 0 Å². The Morgan fingerprint density at radius 1 is 1.15 bits per heavy atom. The monoisotopic (exact) mass is 450 g/mol. The second-order valence-corrected chi connectivity index (χ2v) is 7.90. The highest BCUT2D eigenvalue weighted by Gasteiger charge is 2.23. The number of para-hydroxylation sites is 1. The first kappa shape index (κ1) is 21.1. The number of aromatic nitrogens is 4. The van der Waals surface area contributed by atoms with Crippen LogP contribution in [0.3, 0.4) is 0 Å². The molecule has 2 aromatic carbocycles. The third-order valence-corrected chi connectivity index (χ3v) is 5.78. The van der Waals surface area contributed by atoms with Crippen LogP contribution < -0.4 is 16.6 Å². The van der Waals surface area contributed by atoms with Crippen molar-refractivity contribution in [3.8, 4) is 5.69 Å². The van der Waals surface area contributed by atoms with E-state index in [1.807, 2.05) is 61.5 Å². The lowest BCUT2D eigenvalue weighted by Crippen LogP contribution is -2.32. The van der Waals surface area contributed by atoms with Crippen LogP contribution in [-0.2, 0) is 0 Å². The molecular weight excluding hydrogens is 428 g/mol. The molecule has 3 aromatic heterocycles. The van der Waals surface area contributed by atoms with E-state index in [0.717, 1.165) is 10.9 Å². The van der Waals surface area contributed by atoms with Gasteiger partial charge in [0.1, 0.15) is 5.56 Å². The number of benzene rings is 2. The number of hydrogen-bond donors (Lipinski definition) is 2. The summed E-state index contributed by atoms with van der Waals surface area (Å²) in [5, 5.41) is 8.47. The van der Waals surface area contributed by atoms with Crippen LogP contribution in [0.15, 0.2) is 84.4 Å². The van der Waals surface area contributed by atoms with E-state index in [-0.39, 0.29) is 16.9 Å². The van der Waals surface area contributed by atoms with Gasteiger partial charge in [-0.3, -0.25) is 14.2 Å². The Hall–Kier alpha value is -4.72. The van der Waals surface area contributed by atoms with Crippen LogP contribution >= 0.6 is 0 Å². The summed E-state index contributed by atoms with van der Waals surface area (Å²) >= 11 is 0. The lowest BCUT2D eigenvalue weighted by molar-refractivity contribution is 0.0941. The summed E-state index contributed by atoms with van der Waals surface area (Å²) < 4.78 is 3.08. The minimum absolute atomic E-state index is 0.0815. The fourth-order valence-electron chi connectivity index (χ4n) is 4.21. The van der Waals surface area contributed by atoms with Gasteiger partial charge in [-0.1, -0.05) is 49.1 Å². The third-order valence-electron chi connectivity index (χ3n) is 5.78. The van der Waals surface area contributed by atoms with Gasteiger partial charge in [0.15, 0.2) is 11.5 Å². The van der Waals surface area contributed by atoms with Crippen molar-refractivity contribution < 1.29 is 4.79 Å². The number of carbonyl (C=O) groups excluding carboxylic acids is 1. The van der Waals surface area contributed by atoms with Crippen LogP contribution in [0, 0.1) is 0 Å². The van der Waals surface area contributed by atoms with Crippen molar-refractivity contribution >= 4 is 34.2 Å². The molecule has 0 aliphatic rings. The fourth-order valence-corrected chi connectivity index (χ4v) is 4.21. The Morgan fingerprint density at radius 3 is 2.71 bits per heavy atom. The highest BCUT2D eigenvalue weighted by molar-refractivity contribution is 6.04. The number of hydrogen-bond acceptors (Lipinski definition) is 5. The minimum Gasteiger partial charge on any atom is -0.381 e. The predicted molar refractivity (Wildman–Crippen MR) is 133 cm³/mol. The second kappa shape index (κ2) is 8.32. The van der Waals surface area contributed by atoms with E-state index in [9.17, 15) is 9.59 Å². The molecule has 3 heterocycles. The first-order chi connectivity index (χ1) is 16.5. The number of rotatable bonds is 5. The van der Waals surface area contributed by atoms with Gasteiger partial charge in [-0.2, -0.15) is 0 Å². The zero-order valence-corrected chi connectivity index (χ0v) is 18.5. The smallest absolute Gasteiger partial charge is 0.263 e. The van der Waals surface area contributed by atoms with Crippen molar-refractivity contribution in [3.63, 3.8) is 0 Å². The van der Waals surface area contributed by atoms with Crippen molar-refractivity contribution in [2.45, 2.75) is 13.0 Å². The zero-order valence-electron chi connectivity index (χ0n) is 18.5. The summed E-state index contributed by atoms with van der Waals surface area (Å²) in [5.41, 5.74) is 8.46. The summed E-state index contributed by atoms with van der Waals surface area (Å²) in [7, 11) is 0.